The van der Waals surface area contributed by atoms with Gasteiger partial charge in [-0.05, 0) is 37.0 Å². The van der Waals surface area contributed by atoms with E-state index in [0.29, 0.717) is 25.4 Å². The van der Waals surface area contributed by atoms with Gasteiger partial charge in [0.1, 0.15) is 0 Å². The molecular formula is C15H20FNO3. The van der Waals surface area contributed by atoms with Gasteiger partial charge in [-0.2, -0.15) is 0 Å². The molecule has 1 aliphatic carbocycles. The van der Waals surface area contributed by atoms with Crippen molar-refractivity contribution in [2.24, 2.45) is 0 Å². The van der Waals surface area contributed by atoms with Crippen molar-refractivity contribution in [2.75, 3.05) is 20.3 Å². The summed E-state index contributed by atoms with van der Waals surface area (Å²) in [5.41, 5.74) is 0.774. The average Bonchev–Trinajstić information content (AvgIpc) is 3.26. The van der Waals surface area contributed by atoms with Crippen LogP contribution in [0.5, 0.6) is 5.75 Å². The Bertz CT molecular complexity index is 474. The molecule has 4 nitrogen and oxygen atoms in total. The predicted octanol–water partition coefficient (Wildman–Crippen LogP) is 1.75. The molecule has 1 aromatic rings. The van der Waals surface area contributed by atoms with Crippen molar-refractivity contribution < 1.29 is 19.0 Å². The molecule has 0 spiro atoms. The van der Waals surface area contributed by atoms with Crippen LogP contribution >= 0.6 is 0 Å². The van der Waals surface area contributed by atoms with E-state index in [1.165, 1.54) is 13.2 Å². The van der Waals surface area contributed by atoms with Crippen LogP contribution in [0.1, 0.15) is 24.8 Å². The molecule has 2 rings (SSSR count). The summed E-state index contributed by atoms with van der Waals surface area (Å²) in [4.78, 5) is 13.8. The third kappa shape index (κ3) is 3.70. The van der Waals surface area contributed by atoms with Gasteiger partial charge in [0.2, 0.25) is 5.91 Å². The number of methoxy groups -OCH3 is 1. The minimum Gasteiger partial charge on any atom is -0.494 e. The number of benzene rings is 1. The van der Waals surface area contributed by atoms with Gasteiger partial charge in [0.15, 0.2) is 11.6 Å². The van der Waals surface area contributed by atoms with E-state index in [-0.39, 0.29) is 18.3 Å². The van der Waals surface area contributed by atoms with Crippen LogP contribution in [-0.4, -0.2) is 42.2 Å². The number of nitrogens with zero attached hydrogens (tertiary/aromatic N) is 1. The highest BCUT2D eigenvalue weighted by molar-refractivity contribution is 5.77. The molecule has 5 heteroatoms. The standard InChI is InChI=1S/C15H20FNO3/c1-20-14-6-2-11(10-13(14)16)3-7-15(19)17(8-9-18)12-4-5-12/h2,6,10,12,18H,3-5,7-9H2,1H3. The van der Waals surface area contributed by atoms with Crippen LogP contribution in [0.4, 0.5) is 4.39 Å². The number of rotatable bonds is 7. The zero-order chi connectivity index (χ0) is 14.5. The quantitative estimate of drug-likeness (QED) is 0.828. The summed E-state index contributed by atoms with van der Waals surface area (Å²) in [6.07, 6.45) is 2.86. The molecule has 1 aromatic carbocycles. The highest BCUT2D eigenvalue weighted by Crippen LogP contribution is 2.27. The van der Waals surface area contributed by atoms with Gasteiger partial charge in [-0.15, -0.1) is 0 Å². The molecule has 0 aromatic heterocycles. The van der Waals surface area contributed by atoms with Gasteiger partial charge < -0.3 is 14.7 Å². The number of amides is 1. The Morgan fingerprint density at radius 1 is 1.50 bits per heavy atom. The van der Waals surface area contributed by atoms with Crippen molar-refractivity contribution in [3.05, 3.63) is 29.6 Å². The van der Waals surface area contributed by atoms with Crippen LogP contribution < -0.4 is 4.74 Å². The Morgan fingerprint density at radius 3 is 2.80 bits per heavy atom. The van der Waals surface area contributed by atoms with E-state index in [0.717, 1.165) is 18.4 Å². The van der Waals surface area contributed by atoms with Crippen LogP contribution in [0.25, 0.3) is 0 Å². The van der Waals surface area contributed by atoms with E-state index in [1.54, 1.807) is 17.0 Å². The molecule has 110 valence electrons. The Kier molecular flexibility index (Phi) is 4.95. The van der Waals surface area contributed by atoms with E-state index in [2.05, 4.69) is 0 Å². The third-order valence-electron chi connectivity index (χ3n) is 3.49. The van der Waals surface area contributed by atoms with Gasteiger partial charge in [0, 0.05) is 19.0 Å². The summed E-state index contributed by atoms with van der Waals surface area (Å²) in [7, 11) is 1.42. The number of aryl methyl sites for hydroxylation is 1. The Labute approximate surface area is 118 Å². The zero-order valence-electron chi connectivity index (χ0n) is 11.6. The summed E-state index contributed by atoms with van der Waals surface area (Å²) in [6.45, 7) is 0.375. The third-order valence-corrected chi connectivity index (χ3v) is 3.49. The van der Waals surface area contributed by atoms with Crippen LogP contribution in [0.3, 0.4) is 0 Å². The number of ether oxygens (including phenoxy) is 1. The van der Waals surface area contributed by atoms with Gasteiger partial charge in [-0.1, -0.05) is 6.07 Å². The van der Waals surface area contributed by atoms with E-state index < -0.39 is 5.82 Å². The second-order valence-corrected chi connectivity index (χ2v) is 5.01. The van der Waals surface area contributed by atoms with Crippen LogP contribution in [-0.2, 0) is 11.2 Å². The molecule has 0 heterocycles. The van der Waals surface area contributed by atoms with Gasteiger partial charge in [-0.25, -0.2) is 4.39 Å². The number of hydrogen-bond acceptors (Lipinski definition) is 3. The van der Waals surface area contributed by atoms with E-state index in [1.807, 2.05) is 0 Å². The molecule has 0 bridgehead atoms. The molecule has 0 radical (unpaired) electrons. The number of aliphatic hydroxyl groups excluding tert-OH is 1. The normalized spacial score (nSPS) is 14.2. The Hall–Kier alpha value is -1.62. The van der Waals surface area contributed by atoms with E-state index >= 15 is 0 Å². The van der Waals surface area contributed by atoms with E-state index in [4.69, 9.17) is 9.84 Å². The van der Waals surface area contributed by atoms with Gasteiger partial charge >= 0.3 is 0 Å². The second kappa shape index (κ2) is 6.70. The fraction of sp³-hybridized carbons (Fsp3) is 0.533. The minimum absolute atomic E-state index is 0.0145. The maximum atomic E-state index is 13.5. The molecule has 0 aliphatic heterocycles. The van der Waals surface area contributed by atoms with Crippen molar-refractivity contribution in [2.45, 2.75) is 31.7 Å². The lowest BCUT2D eigenvalue weighted by Crippen LogP contribution is -2.35. The highest BCUT2D eigenvalue weighted by Gasteiger charge is 2.31. The Balaban J connectivity index is 1.90. The number of aliphatic hydroxyl groups is 1. The van der Waals surface area contributed by atoms with Crippen LogP contribution in [0.2, 0.25) is 0 Å². The van der Waals surface area contributed by atoms with Crippen molar-refractivity contribution in [3.8, 4) is 5.75 Å². The number of carbonyl (C=O) groups is 1. The summed E-state index contributed by atoms with van der Waals surface area (Å²) < 4.78 is 18.4. The van der Waals surface area contributed by atoms with Crippen LogP contribution in [0.15, 0.2) is 18.2 Å². The summed E-state index contributed by atoms with van der Waals surface area (Å²) in [5.74, 6) is -0.176. The lowest BCUT2D eigenvalue weighted by molar-refractivity contribution is -0.132. The number of carbonyl (C=O) groups excluding carboxylic acids is 1. The molecular weight excluding hydrogens is 261 g/mol. The number of hydrogen-bond donors (Lipinski definition) is 1. The summed E-state index contributed by atoms with van der Waals surface area (Å²) in [5, 5.41) is 8.98. The second-order valence-electron chi connectivity index (χ2n) is 5.01. The molecule has 1 aliphatic rings. The van der Waals surface area contributed by atoms with Crippen molar-refractivity contribution >= 4 is 5.91 Å². The maximum absolute atomic E-state index is 13.5. The highest BCUT2D eigenvalue weighted by atomic mass is 19.1. The fourth-order valence-electron chi connectivity index (χ4n) is 2.27. The molecule has 20 heavy (non-hydrogen) atoms. The first-order valence-corrected chi connectivity index (χ1v) is 6.88. The minimum atomic E-state index is -0.410. The predicted molar refractivity (Wildman–Crippen MR) is 73.1 cm³/mol. The van der Waals surface area contributed by atoms with Crippen LogP contribution in [0, 0.1) is 5.82 Å². The van der Waals surface area contributed by atoms with Crippen molar-refractivity contribution in [1.29, 1.82) is 0 Å². The maximum Gasteiger partial charge on any atom is 0.223 e. The average molecular weight is 281 g/mol. The lowest BCUT2D eigenvalue weighted by atomic mass is 10.1. The summed E-state index contributed by atoms with van der Waals surface area (Å²) >= 11 is 0. The first-order chi connectivity index (χ1) is 9.65. The van der Waals surface area contributed by atoms with Crippen molar-refractivity contribution in [1.82, 2.24) is 4.90 Å². The Morgan fingerprint density at radius 2 is 2.25 bits per heavy atom. The fourth-order valence-corrected chi connectivity index (χ4v) is 2.27. The van der Waals surface area contributed by atoms with E-state index in [9.17, 15) is 9.18 Å². The summed E-state index contributed by atoms with van der Waals surface area (Å²) in [6, 6.07) is 5.03. The van der Waals surface area contributed by atoms with Gasteiger partial charge in [0.25, 0.3) is 0 Å². The molecule has 1 amide bonds. The topological polar surface area (TPSA) is 49.8 Å². The largest absolute Gasteiger partial charge is 0.494 e. The lowest BCUT2D eigenvalue weighted by Gasteiger charge is -2.21. The van der Waals surface area contributed by atoms with Gasteiger partial charge in [-0.3, -0.25) is 4.79 Å². The first kappa shape index (κ1) is 14.8. The monoisotopic (exact) mass is 281 g/mol. The smallest absolute Gasteiger partial charge is 0.223 e. The van der Waals surface area contributed by atoms with Crippen molar-refractivity contribution in [3.63, 3.8) is 0 Å². The zero-order valence-corrected chi connectivity index (χ0v) is 11.6. The molecule has 1 N–H and O–H groups in total. The number of halogens is 1. The molecule has 0 saturated heterocycles. The molecule has 0 atom stereocenters. The van der Waals surface area contributed by atoms with Gasteiger partial charge in [0.05, 0.1) is 13.7 Å². The first-order valence-electron chi connectivity index (χ1n) is 6.88. The SMILES string of the molecule is COc1ccc(CCC(=O)N(CCO)C2CC2)cc1F. The molecule has 0 unspecified atom stereocenters. The molecule has 1 fully saturated rings. The molecule has 1 saturated carbocycles.